The van der Waals surface area contributed by atoms with E-state index >= 15 is 0 Å². The van der Waals surface area contributed by atoms with Crippen LogP contribution in [0.5, 0.6) is 0 Å². The molecule has 0 aliphatic carbocycles. The van der Waals surface area contributed by atoms with E-state index < -0.39 is 30.4 Å². The van der Waals surface area contributed by atoms with Crippen LogP contribution < -0.4 is 11.1 Å². The summed E-state index contributed by atoms with van der Waals surface area (Å²) in [4.78, 5) is 42.4. The maximum atomic E-state index is 13.4. The number of nitrogens with two attached hydrogens (primary N) is 1. The summed E-state index contributed by atoms with van der Waals surface area (Å²) in [5, 5.41) is 9.87. The quantitative estimate of drug-likeness (QED) is 0.683. The van der Waals surface area contributed by atoms with Gasteiger partial charge in [-0.15, -0.1) is 0 Å². The van der Waals surface area contributed by atoms with Crippen molar-refractivity contribution in [1.82, 2.24) is 25.0 Å². The van der Waals surface area contributed by atoms with E-state index in [1.54, 1.807) is 32.2 Å². The molecule has 12 heteroatoms. The number of halogens is 2. The van der Waals surface area contributed by atoms with Gasteiger partial charge in [0.2, 0.25) is 5.91 Å². The van der Waals surface area contributed by atoms with Crippen LogP contribution in [0.15, 0.2) is 23.3 Å². The number of amides is 4. The Hall–Kier alpha value is -2.40. The van der Waals surface area contributed by atoms with Crippen LogP contribution in [-0.2, 0) is 16.1 Å². The van der Waals surface area contributed by atoms with Gasteiger partial charge in [-0.2, -0.15) is 5.10 Å². The maximum Gasteiger partial charge on any atom is 0.328 e. The van der Waals surface area contributed by atoms with Gasteiger partial charge in [-0.25, -0.2) is 9.69 Å². The van der Waals surface area contributed by atoms with Crippen molar-refractivity contribution in [3.63, 3.8) is 0 Å². The first kappa shape index (κ1) is 20.9. The first-order chi connectivity index (χ1) is 14.2. The Morgan fingerprint density at radius 2 is 1.97 bits per heavy atom. The Bertz CT molecular complexity index is 935. The number of hydrazone groups is 1. The molecule has 0 spiro atoms. The minimum atomic E-state index is -0.667. The highest BCUT2D eigenvalue weighted by Crippen LogP contribution is 2.32. The van der Waals surface area contributed by atoms with E-state index in [4.69, 9.17) is 28.9 Å². The third-order valence-electron chi connectivity index (χ3n) is 5.45. The van der Waals surface area contributed by atoms with E-state index in [-0.39, 0.29) is 19.0 Å². The summed E-state index contributed by atoms with van der Waals surface area (Å²) < 4.78 is 0. The van der Waals surface area contributed by atoms with Crippen LogP contribution >= 0.6 is 23.2 Å². The zero-order valence-electron chi connectivity index (χ0n) is 16.4. The highest BCUT2D eigenvalue weighted by molar-refractivity contribution is 6.36. The Morgan fingerprint density at radius 3 is 2.60 bits per heavy atom. The second-order valence-corrected chi connectivity index (χ2v) is 8.33. The smallest absolute Gasteiger partial charge is 0.328 e. The largest absolute Gasteiger partial charge is 0.368 e. The molecule has 10 nitrogen and oxygen atoms in total. The number of carbonyl (C=O) groups is 3. The Balaban J connectivity index is 1.66. The molecular formula is C18H21Cl2N7O3. The van der Waals surface area contributed by atoms with Crippen molar-refractivity contribution in [3.05, 3.63) is 33.8 Å². The Morgan fingerprint density at radius 1 is 1.30 bits per heavy atom. The highest BCUT2D eigenvalue weighted by atomic mass is 35.5. The van der Waals surface area contributed by atoms with Crippen LogP contribution in [0.25, 0.3) is 0 Å². The summed E-state index contributed by atoms with van der Waals surface area (Å²) >= 11 is 12.5. The summed E-state index contributed by atoms with van der Waals surface area (Å²) in [5.74, 6) is -0.918. The van der Waals surface area contributed by atoms with Crippen LogP contribution in [0.1, 0.15) is 12.5 Å². The van der Waals surface area contributed by atoms with Crippen LogP contribution in [0, 0.1) is 0 Å². The Labute approximate surface area is 183 Å². The summed E-state index contributed by atoms with van der Waals surface area (Å²) in [6.45, 7) is 2.06. The van der Waals surface area contributed by atoms with Gasteiger partial charge < -0.3 is 10.6 Å². The molecule has 0 aromatic heterocycles. The average Bonchev–Trinajstić information content (AvgIpc) is 3.05. The zero-order valence-corrected chi connectivity index (χ0v) is 17.9. The fraction of sp³-hybridized carbons (Fsp3) is 0.444. The molecule has 2 saturated heterocycles. The second kappa shape index (κ2) is 7.69. The number of carbonyl (C=O) groups excluding carboxylic acids is 3. The minimum absolute atomic E-state index is 0.0414. The third-order valence-corrected chi connectivity index (χ3v) is 6.16. The van der Waals surface area contributed by atoms with E-state index in [1.807, 2.05) is 4.90 Å². The molecule has 1 aromatic carbocycles. The lowest BCUT2D eigenvalue weighted by Crippen LogP contribution is -2.66. The predicted octanol–water partition coefficient (Wildman–Crippen LogP) is 0.448. The van der Waals surface area contributed by atoms with Gasteiger partial charge in [0, 0.05) is 34.9 Å². The molecule has 0 radical (unpaired) electrons. The van der Waals surface area contributed by atoms with Crippen LogP contribution in [0.4, 0.5) is 4.79 Å². The van der Waals surface area contributed by atoms with Gasteiger partial charge in [0.05, 0.1) is 6.54 Å². The van der Waals surface area contributed by atoms with Gasteiger partial charge in [0.25, 0.3) is 5.91 Å². The van der Waals surface area contributed by atoms with Crippen molar-refractivity contribution in [3.8, 4) is 0 Å². The van der Waals surface area contributed by atoms with Gasteiger partial charge in [-0.1, -0.05) is 29.3 Å². The molecule has 2 fully saturated rings. The number of fused-ring (bicyclic) bond motifs is 3. The van der Waals surface area contributed by atoms with E-state index in [9.17, 15) is 14.4 Å². The number of primary amides is 1. The fourth-order valence-electron chi connectivity index (χ4n) is 4.12. The third kappa shape index (κ3) is 3.39. The number of likely N-dealkylation sites (N-methyl/N-ethyl adjacent to an activating group) is 1. The molecule has 3 N–H and O–H groups in total. The van der Waals surface area contributed by atoms with Crippen molar-refractivity contribution in [2.24, 2.45) is 10.8 Å². The first-order valence-electron chi connectivity index (χ1n) is 9.31. The minimum Gasteiger partial charge on any atom is -0.368 e. The molecule has 30 heavy (non-hydrogen) atoms. The lowest BCUT2D eigenvalue weighted by Gasteiger charge is -2.42. The number of benzene rings is 1. The number of nitrogens with one attached hydrogen (secondary N) is 1. The van der Waals surface area contributed by atoms with Gasteiger partial charge in [0.1, 0.15) is 18.8 Å². The number of urea groups is 1. The molecule has 0 bridgehead atoms. The number of hydrogen-bond donors (Lipinski definition) is 2. The molecule has 3 aliphatic rings. The molecule has 1 aromatic rings. The van der Waals surface area contributed by atoms with Crippen LogP contribution in [0.3, 0.4) is 0 Å². The topological polar surface area (TPSA) is 115 Å². The standard InChI is InChI=1S/C18H21Cl2N7O3/c1-9-6-25-14-15(22-17(25)27(23-9)8-13(21)28)24(2)18(30)26(16(14)29)7-10-11(19)4-3-5-12(10)20/h3-5,14-15,17,22H,6-8H2,1-2H3,(H2,21,28). The summed E-state index contributed by atoms with van der Waals surface area (Å²) in [7, 11) is 1.62. The lowest BCUT2D eigenvalue weighted by molar-refractivity contribution is -0.139. The number of nitrogens with zero attached hydrogens (tertiary/aromatic N) is 5. The van der Waals surface area contributed by atoms with E-state index in [0.29, 0.717) is 22.2 Å². The molecule has 3 atom stereocenters. The Kier molecular flexibility index (Phi) is 5.35. The predicted molar refractivity (Wildman–Crippen MR) is 110 cm³/mol. The van der Waals surface area contributed by atoms with Crippen molar-refractivity contribution in [2.45, 2.75) is 32.0 Å². The monoisotopic (exact) mass is 453 g/mol. The molecular weight excluding hydrogens is 433 g/mol. The van der Waals surface area contributed by atoms with Crippen molar-refractivity contribution in [2.75, 3.05) is 20.1 Å². The van der Waals surface area contributed by atoms with Gasteiger partial charge in [-0.3, -0.25) is 24.8 Å². The van der Waals surface area contributed by atoms with Crippen molar-refractivity contribution >= 4 is 46.8 Å². The van der Waals surface area contributed by atoms with Crippen molar-refractivity contribution < 1.29 is 14.4 Å². The molecule has 3 heterocycles. The summed E-state index contributed by atoms with van der Waals surface area (Å²) in [6, 6.07) is 3.88. The SMILES string of the molecule is CC1=NN(CC(N)=O)C2NC3C(C(=O)N(Cc4c(Cl)cccc4Cl)C(=O)N3C)N2C1. The van der Waals surface area contributed by atoms with Gasteiger partial charge >= 0.3 is 6.03 Å². The second-order valence-electron chi connectivity index (χ2n) is 7.52. The maximum absolute atomic E-state index is 13.4. The van der Waals surface area contributed by atoms with Gasteiger partial charge in [-0.05, 0) is 19.1 Å². The normalized spacial score (nSPS) is 26.6. The molecule has 4 rings (SSSR count). The summed E-state index contributed by atoms with van der Waals surface area (Å²) in [6.07, 6.45) is -1.12. The fourth-order valence-corrected chi connectivity index (χ4v) is 4.63. The van der Waals surface area contributed by atoms with Crippen LogP contribution in [0.2, 0.25) is 10.0 Å². The molecule has 4 amide bonds. The number of rotatable bonds is 4. The van der Waals surface area contributed by atoms with E-state index in [0.717, 1.165) is 10.6 Å². The molecule has 160 valence electrons. The summed E-state index contributed by atoms with van der Waals surface area (Å²) in [5.41, 5.74) is 6.58. The number of hydrogen-bond acceptors (Lipinski definition) is 7. The zero-order chi connectivity index (χ0) is 21.7. The van der Waals surface area contributed by atoms with Gasteiger partial charge in [0.15, 0.2) is 6.29 Å². The number of imide groups is 1. The van der Waals surface area contributed by atoms with E-state index in [1.165, 1.54) is 9.91 Å². The molecule has 3 unspecified atom stereocenters. The lowest BCUT2D eigenvalue weighted by atomic mass is 10.1. The van der Waals surface area contributed by atoms with E-state index in [2.05, 4.69) is 10.4 Å². The molecule has 3 aliphatic heterocycles. The van der Waals surface area contributed by atoms with Crippen LogP contribution in [-0.4, -0.2) is 81.9 Å². The molecule has 0 saturated carbocycles. The highest BCUT2D eigenvalue weighted by Gasteiger charge is 2.56. The van der Waals surface area contributed by atoms with Crippen molar-refractivity contribution in [1.29, 1.82) is 0 Å². The first-order valence-corrected chi connectivity index (χ1v) is 10.1. The average molecular weight is 454 g/mol.